The molecule has 0 spiro atoms. The third-order valence-electron chi connectivity index (χ3n) is 3.65. The Morgan fingerprint density at radius 2 is 1.80 bits per heavy atom. The van der Waals surface area contributed by atoms with Crippen molar-refractivity contribution in [2.45, 2.75) is 11.6 Å². The van der Waals surface area contributed by atoms with Crippen molar-refractivity contribution < 1.29 is 8.42 Å². The first kappa shape index (κ1) is 17.0. The second-order valence-corrected chi connectivity index (χ2v) is 7.66. The number of pyridine rings is 1. The summed E-state index contributed by atoms with van der Waals surface area (Å²) in [6.07, 6.45) is 1.18. The number of rotatable bonds is 4. The number of sulfonamides is 1. The predicted molar refractivity (Wildman–Crippen MR) is 90.8 cm³/mol. The maximum Gasteiger partial charge on any atom is 0.279 e. The first-order valence-corrected chi connectivity index (χ1v) is 8.70. The molecule has 130 valence electrons. The monoisotopic (exact) mass is 361 g/mol. The first-order chi connectivity index (χ1) is 11.8. The van der Waals surface area contributed by atoms with E-state index in [1.165, 1.54) is 26.4 Å². The van der Waals surface area contributed by atoms with Gasteiger partial charge in [0.15, 0.2) is 0 Å². The Hall–Kier alpha value is -2.85. The molecule has 9 nitrogen and oxygen atoms in total. The van der Waals surface area contributed by atoms with Gasteiger partial charge in [-0.1, -0.05) is 17.3 Å². The predicted octanol–water partition coefficient (Wildman–Crippen LogP) is -0.291. The van der Waals surface area contributed by atoms with E-state index in [0.717, 1.165) is 19.6 Å². The van der Waals surface area contributed by atoms with Crippen molar-refractivity contribution in [3.8, 4) is 0 Å². The normalized spacial score (nSPS) is 12.0. The molecule has 3 rings (SSSR count). The van der Waals surface area contributed by atoms with Gasteiger partial charge >= 0.3 is 0 Å². The van der Waals surface area contributed by atoms with E-state index in [2.05, 4.69) is 10.3 Å². The van der Waals surface area contributed by atoms with Gasteiger partial charge in [-0.3, -0.25) is 14.2 Å². The maximum absolute atomic E-state index is 12.5. The van der Waals surface area contributed by atoms with Crippen LogP contribution in [0.4, 0.5) is 0 Å². The van der Waals surface area contributed by atoms with Crippen LogP contribution in [0.5, 0.6) is 0 Å². The number of hydrogen-bond acceptors (Lipinski definition) is 6. The van der Waals surface area contributed by atoms with Crippen molar-refractivity contribution >= 4 is 20.9 Å². The molecule has 0 amide bonds. The van der Waals surface area contributed by atoms with E-state index in [0.29, 0.717) is 10.9 Å². The van der Waals surface area contributed by atoms with E-state index in [4.69, 9.17) is 0 Å². The van der Waals surface area contributed by atoms with Gasteiger partial charge in [-0.05, 0) is 18.2 Å². The molecule has 2 aromatic heterocycles. The molecular formula is C15H15N5O4S. The Kier molecular flexibility index (Phi) is 4.23. The van der Waals surface area contributed by atoms with Crippen LogP contribution in [0.15, 0.2) is 57.1 Å². The lowest BCUT2D eigenvalue weighted by molar-refractivity contribution is 0.482. The molecule has 0 aliphatic rings. The van der Waals surface area contributed by atoms with Gasteiger partial charge in [0.05, 0.1) is 10.3 Å². The van der Waals surface area contributed by atoms with Gasteiger partial charge in [-0.25, -0.2) is 12.7 Å². The van der Waals surface area contributed by atoms with Crippen LogP contribution < -0.4 is 11.1 Å². The lowest BCUT2D eigenvalue weighted by Gasteiger charge is -2.13. The van der Waals surface area contributed by atoms with Crippen LogP contribution in [0.25, 0.3) is 10.9 Å². The highest BCUT2D eigenvalue weighted by Crippen LogP contribution is 2.10. The molecule has 0 bridgehead atoms. The van der Waals surface area contributed by atoms with Crippen molar-refractivity contribution in [1.82, 2.24) is 23.9 Å². The Morgan fingerprint density at radius 3 is 2.52 bits per heavy atom. The van der Waals surface area contributed by atoms with Gasteiger partial charge in [0.2, 0.25) is 10.0 Å². The quantitative estimate of drug-likeness (QED) is 0.632. The third-order valence-corrected chi connectivity index (χ3v) is 5.45. The lowest BCUT2D eigenvalue weighted by atomic mass is 10.2. The number of hydrogen-bond donors (Lipinski definition) is 0. The summed E-state index contributed by atoms with van der Waals surface area (Å²) in [5.74, 6) is 0. The summed E-state index contributed by atoms with van der Waals surface area (Å²) in [5, 5.41) is 8.11. The van der Waals surface area contributed by atoms with Crippen molar-refractivity contribution in [1.29, 1.82) is 0 Å². The van der Waals surface area contributed by atoms with E-state index in [9.17, 15) is 18.0 Å². The van der Waals surface area contributed by atoms with Crippen LogP contribution >= 0.6 is 0 Å². The highest BCUT2D eigenvalue weighted by Gasteiger charge is 2.18. The minimum Gasteiger partial charge on any atom is -0.294 e. The van der Waals surface area contributed by atoms with Gasteiger partial charge < -0.3 is 0 Å². The van der Waals surface area contributed by atoms with Crippen molar-refractivity contribution in [2.75, 3.05) is 14.1 Å². The second-order valence-electron chi connectivity index (χ2n) is 5.51. The average Bonchev–Trinajstić information content (AvgIpc) is 2.59. The molecule has 0 saturated carbocycles. The van der Waals surface area contributed by atoms with Crippen molar-refractivity contribution in [2.24, 2.45) is 0 Å². The molecule has 25 heavy (non-hydrogen) atoms. The minimum atomic E-state index is -3.70. The van der Waals surface area contributed by atoms with E-state index in [1.807, 2.05) is 0 Å². The molecule has 10 heteroatoms. The SMILES string of the molecule is CN(C)S(=O)(=O)c1ccc(=O)n(Cn2nnc3ccccc3c2=O)c1. The molecule has 0 N–H and O–H groups in total. The Labute approximate surface area is 142 Å². The molecule has 0 saturated heterocycles. The van der Waals surface area contributed by atoms with Crippen molar-refractivity contribution in [3.05, 3.63) is 63.3 Å². The van der Waals surface area contributed by atoms with E-state index < -0.39 is 21.1 Å². The number of fused-ring (bicyclic) bond motifs is 1. The molecule has 3 aromatic rings. The van der Waals surface area contributed by atoms with Gasteiger partial charge in [0.25, 0.3) is 11.1 Å². The summed E-state index contributed by atoms with van der Waals surface area (Å²) in [5.41, 5.74) is -0.432. The molecule has 0 atom stereocenters. The zero-order valence-corrected chi connectivity index (χ0v) is 14.3. The fourth-order valence-corrected chi connectivity index (χ4v) is 3.17. The fourth-order valence-electron chi connectivity index (χ4n) is 2.24. The molecule has 2 heterocycles. The molecule has 0 radical (unpaired) electrons. The summed E-state index contributed by atoms with van der Waals surface area (Å²) >= 11 is 0. The summed E-state index contributed by atoms with van der Waals surface area (Å²) in [4.78, 5) is 24.4. The Morgan fingerprint density at radius 1 is 1.08 bits per heavy atom. The Balaban J connectivity index is 2.09. The van der Waals surface area contributed by atoms with Crippen LogP contribution in [-0.2, 0) is 16.7 Å². The van der Waals surface area contributed by atoms with Crippen LogP contribution in [-0.4, -0.2) is 46.4 Å². The standard InChI is InChI=1S/C15H15N5O4S/c1-18(2)25(23,24)11-7-8-14(21)19(9-11)10-20-15(22)12-5-3-4-6-13(12)16-17-20/h3-9H,10H2,1-2H3. The second kappa shape index (κ2) is 6.22. The number of aromatic nitrogens is 4. The largest absolute Gasteiger partial charge is 0.294 e. The first-order valence-electron chi connectivity index (χ1n) is 7.26. The summed E-state index contributed by atoms with van der Waals surface area (Å²) < 4.78 is 27.6. The molecule has 0 fully saturated rings. The third kappa shape index (κ3) is 3.08. The van der Waals surface area contributed by atoms with E-state index in [-0.39, 0.29) is 11.6 Å². The van der Waals surface area contributed by atoms with Crippen LogP contribution in [0.3, 0.4) is 0 Å². The summed E-state index contributed by atoms with van der Waals surface area (Å²) in [6, 6.07) is 9.06. The lowest BCUT2D eigenvalue weighted by Crippen LogP contribution is -2.32. The van der Waals surface area contributed by atoms with Gasteiger partial charge in [-0.2, -0.15) is 4.68 Å². The molecular weight excluding hydrogens is 346 g/mol. The molecule has 0 aliphatic carbocycles. The Bertz CT molecular complexity index is 1160. The molecule has 0 unspecified atom stereocenters. The fraction of sp³-hybridized carbons (Fsp3) is 0.200. The maximum atomic E-state index is 12.5. The zero-order valence-electron chi connectivity index (χ0n) is 13.5. The number of nitrogens with zero attached hydrogens (tertiary/aromatic N) is 5. The van der Waals surface area contributed by atoms with Crippen LogP contribution in [0.2, 0.25) is 0 Å². The minimum absolute atomic E-state index is 0.0566. The smallest absolute Gasteiger partial charge is 0.279 e. The van der Waals surface area contributed by atoms with Gasteiger partial charge in [-0.15, -0.1) is 5.10 Å². The molecule has 1 aromatic carbocycles. The van der Waals surface area contributed by atoms with Gasteiger partial charge in [0, 0.05) is 26.4 Å². The zero-order chi connectivity index (χ0) is 18.2. The summed E-state index contributed by atoms with van der Waals surface area (Å²) in [6.45, 7) is -0.244. The highest BCUT2D eigenvalue weighted by atomic mass is 32.2. The van der Waals surface area contributed by atoms with E-state index >= 15 is 0 Å². The number of benzene rings is 1. The average molecular weight is 361 g/mol. The van der Waals surface area contributed by atoms with E-state index in [1.54, 1.807) is 24.3 Å². The summed E-state index contributed by atoms with van der Waals surface area (Å²) in [7, 11) is -0.917. The van der Waals surface area contributed by atoms with Crippen molar-refractivity contribution in [3.63, 3.8) is 0 Å². The highest BCUT2D eigenvalue weighted by molar-refractivity contribution is 7.89. The van der Waals surface area contributed by atoms with Crippen LogP contribution in [0.1, 0.15) is 0 Å². The van der Waals surface area contributed by atoms with Crippen LogP contribution in [0, 0.1) is 0 Å². The van der Waals surface area contributed by atoms with Gasteiger partial charge in [0.1, 0.15) is 12.2 Å². The topological polar surface area (TPSA) is 107 Å². The molecule has 0 aliphatic heterocycles.